The predicted molar refractivity (Wildman–Crippen MR) is 55.8 cm³/mol. The van der Waals surface area contributed by atoms with E-state index in [9.17, 15) is 0 Å². The van der Waals surface area contributed by atoms with E-state index in [1.54, 1.807) is 4.68 Å². The Morgan fingerprint density at radius 1 is 1.20 bits per heavy atom. The van der Waals surface area contributed by atoms with Crippen molar-refractivity contribution in [2.45, 2.75) is 13.8 Å². The summed E-state index contributed by atoms with van der Waals surface area (Å²) in [5, 5.41) is 15.0. The summed E-state index contributed by atoms with van der Waals surface area (Å²) in [6.45, 7) is 3.77. The lowest BCUT2D eigenvalue weighted by atomic mass is 10.4. The molecule has 0 radical (unpaired) electrons. The maximum Gasteiger partial charge on any atom is 0.248 e. The molecule has 0 amide bonds. The Kier molecular flexibility index (Phi) is 2.32. The van der Waals surface area contributed by atoms with Gasteiger partial charge in [-0.2, -0.15) is 10.2 Å². The first-order chi connectivity index (χ1) is 7.15. The number of nitrogens with one attached hydrogen (secondary N) is 1. The van der Waals surface area contributed by atoms with Gasteiger partial charge in [-0.1, -0.05) is 0 Å². The van der Waals surface area contributed by atoms with Gasteiger partial charge >= 0.3 is 0 Å². The molecule has 0 bridgehead atoms. The maximum absolute atomic E-state index is 4.24. The van der Waals surface area contributed by atoms with Crippen LogP contribution in [0.25, 0.3) is 0 Å². The normalized spacial score (nSPS) is 10.3. The molecule has 0 aromatic carbocycles. The van der Waals surface area contributed by atoms with E-state index < -0.39 is 0 Å². The van der Waals surface area contributed by atoms with Gasteiger partial charge in [0, 0.05) is 19.3 Å². The number of aromatic nitrogens is 5. The molecule has 6 nitrogen and oxygen atoms in total. The Morgan fingerprint density at radius 3 is 2.60 bits per heavy atom. The number of anilines is 2. The van der Waals surface area contributed by atoms with E-state index in [4.69, 9.17) is 0 Å². The monoisotopic (exact) mass is 204 g/mol. The number of aryl methyl sites for hydroxylation is 3. The van der Waals surface area contributed by atoms with Crippen LogP contribution >= 0.6 is 0 Å². The summed E-state index contributed by atoms with van der Waals surface area (Å²) in [5.74, 6) is 1.18. The largest absolute Gasteiger partial charge is 0.306 e. The summed E-state index contributed by atoms with van der Waals surface area (Å²) in [5.41, 5.74) is 1.70. The summed E-state index contributed by atoms with van der Waals surface area (Å²) in [7, 11) is 1.85. The van der Waals surface area contributed by atoms with E-state index >= 15 is 0 Å². The molecule has 0 saturated carbocycles. The lowest BCUT2D eigenvalue weighted by Crippen LogP contribution is -2.03. The third-order valence-corrected chi connectivity index (χ3v) is 2.05. The first kappa shape index (κ1) is 9.57. The van der Waals surface area contributed by atoms with Gasteiger partial charge in [-0.15, -0.1) is 5.10 Å². The van der Waals surface area contributed by atoms with Gasteiger partial charge in [0.1, 0.15) is 0 Å². The number of hydrogen-bond donors (Lipinski definition) is 1. The first-order valence-corrected chi connectivity index (χ1v) is 4.60. The molecule has 0 saturated heterocycles. The summed E-state index contributed by atoms with van der Waals surface area (Å²) >= 11 is 0. The smallest absolute Gasteiger partial charge is 0.248 e. The molecule has 78 valence electrons. The molecule has 2 rings (SSSR count). The highest BCUT2D eigenvalue weighted by Gasteiger charge is 2.03. The van der Waals surface area contributed by atoms with Crippen LogP contribution in [0.2, 0.25) is 0 Å². The van der Waals surface area contributed by atoms with Crippen LogP contribution in [0.5, 0.6) is 0 Å². The number of nitrogens with zero attached hydrogens (tertiary/aromatic N) is 5. The van der Waals surface area contributed by atoms with E-state index in [1.807, 2.05) is 33.2 Å². The molecule has 0 spiro atoms. The van der Waals surface area contributed by atoms with Gasteiger partial charge in [-0.3, -0.25) is 4.68 Å². The Hall–Kier alpha value is -1.98. The van der Waals surface area contributed by atoms with Crippen molar-refractivity contribution >= 4 is 11.8 Å². The van der Waals surface area contributed by atoms with Gasteiger partial charge in [0.25, 0.3) is 0 Å². The molecule has 0 fully saturated rings. The molecule has 2 aromatic heterocycles. The van der Waals surface area contributed by atoms with E-state index in [0.717, 1.165) is 11.4 Å². The van der Waals surface area contributed by atoms with Crippen LogP contribution in [0.15, 0.2) is 12.3 Å². The Morgan fingerprint density at radius 2 is 2.00 bits per heavy atom. The van der Waals surface area contributed by atoms with Crippen LogP contribution in [0.3, 0.4) is 0 Å². The highest BCUT2D eigenvalue weighted by atomic mass is 15.3. The Labute approximate surface area is 87.4 Å². The van der Waals surface area contributed by atoms with Gasteiger partial charge in [-0.25, -0.2) is 4.98 Å². The van der Waals surface area contributed by atoms with E-state index in [-0.39, 0.29) is 0 Å². The van der Waals surface area contributed by atoms with Crippen molar-refractivity contribution in [2.24, 2.45) is 7.05 Å². The average Bonchev–Trinajstić information content (AvgIpc) is 2.58. The summed E-state index contributed by atoms with van der Waals surface area (Å²) in [4.78, 5) is 4.24. The molecule has 0 aliphatic heterocycles. The van der Waals surface area contributed by atoms with Gasteiger partial charge in [0.15, 0.2) is 5.82 Å². The maximum atomic E-state index is 4.24. The summed E-state index contributed by atoms with van der Waals surface area (Å²) in [6, 6.07) is 1.85. The van der Waals surface area contributed by atoms with Crippen LogP contribution in [0, 0.1) is 13.8 Å². The lowest BCUT2D eigenvalue weighted by Gasteiger charge is -2.02. The lowest BCUT2D eigenvalue weighted by molar-refractivity contribution is 0.770. The van der Waals surface area contributed by atoms with Crippen LogP contribution in [0.1, 0.15) is 11.4 Å². The molecule has 1 N–H and O–H groups in total. The van der Waals surface area contributed by atoms with Crippen molar-refractivity contribution in [1.82, 2.24) is 25.0 Å². The highest BCUT2D eigenvalue weighted by Crippen LogP contribution is 2.09. The minimum Gasteiger partial charge on any atom is -0.306 e. The fraction of sp³-hybridized carbons (Fsp3) is 0.333. The van der Waals surface area contributed by atoms with Gasteiger partial charge < -0.3 is 5.32 Å². The molecular weight excluding hydrogens is 192 g/mol. The molecule has 0 aliphatic carbocycles. The van der Waals surface area contributed by atoms with Crippen LogP contribution < -0.4 is 5.32 Å². The molecule has 0 unspecified atom stereocenters. The zero-order valence-corrected chi connectivity index (χ0v) is 8.89. The van der Waals surface area contributed by atoms with E-state index in [2.05, 4.69) is 25.6 Å². The van der Waals surface area contributed by atoms with Crippen molar-refractivity contribution in [3.8, 4) is 0 Å². The standard InChI is InChI=1S/C9H12N6/c1-6-7(2)12-13-9(10-6)11-8-4-5-15(3)14-8/h4-5H,1-3H3,(H,10,11,13,14). The Balaban J connectivity index is 2.21. The van der Waals surface area contributed by atoms with Crippen LogP contribution in [-0.2, 0) is 7.05 Å². The van der Waals surface area contributed by atoms with E-state index in [1.165, 1.54) is 0 Å². The fourth-order valence-electron chi connectivity index (χ4n) is 1.11. The average molecular weight is 204 g/mol. The topological polar surface area (TPSA) is 68.5 Å². The second-order valence-electron chi connectivity index (χ2n) is 3.31. The number of hydrogen-bond acceptors (Lipinski definition) is 5. The SMILES string of the molecule is Cc1nnc(Nc2ccn(C)n2)nc1C. The first-order valence-electron chi connectivity index (χ1n) is 4.60. The quantitative estimate of drug-likeness (QED) is 0.789. The summed E-state index contributed by atoms with van der Waals surface area (Å²) < 4.78 is 1.71. The molecule has 0 aliphatic rings. The van der Waals surface area contributed by atoms with Crippen molar-refractivity contribution < 1.29 is 0 Å². The highest BCUT2D eigenvalue weighted by molar-refractivity contribution is 5.46. The zero-order chi connectivity index (χ0) is 10.8. The molecular formula is C9H12N6. The molecule has 2 heterocycles. The minimum absolute atomic E-state index is 0.469. The van der Waals surface area contributed by atoms with Crippen molar-refractivity contribution in [3.63, 3.8) is 0 Å². The van der Waals surface area contributed by atoms with Gasteiger partial charge in [0.2, 0.25) is 5.95 Å². The van der Waals surface area contributed by atoms with Crippen molar-refractivity contribution in [2.75, 3.05) is 5.32 Å². The van der Waals surface area contributed by atoms with E-state index in [0.29, 0.717) is 11.8 Å². The molecule has 6 heteroatoms. The third-order valence-electron chi connectivity index (χ3n) is 2.05. The predicted octanol–water partition coefficient (Wildman–Crippen LogP) is 0.966. The number of rotatable bonds is 2. The Bertz CT molecular complexity index is 475. The van der Waals surface area contributed by atoms with Crippen molar-refractivity contribution in [3.05, 3.63) is 23.7 Å². The third kappa shape index (κ3) is 2.09. The molecule has 2 aromatic rings. The second kappa shape index (κ2) is 3.64. The van der Waals surface area contributed by atoms with Gasteiger partial charge in [-0.05, 0) is 13.8 Å². The van der Waals surface area contributed by atoms with Crippen LogP contribution in [0.4, 0.5) is 11.8 Å². The minimum atomic E-state index is 0.469. The van der Waals surface area contributed by atoms with Crippen LogP contribution in [-0.4, -0.2) is 25.0 Å². The summed E-state index contributed by atoms with van der Waals surface area (Å²) in [6.07, 6.45) is 1.84. The molecule has 0 atom stereocenters. The fourth-order valence-corrected chi connectivity index (χ4v) is 1.11. The molecule has 15 heavy (non-hydrogen) atoms. The second-order valence-corrected chi connectivity index (χ2v) is 3.31. The zero-order valence-electron chi connectivity index (χ0n) is 8.89. The van der Waals surface area contributed by atoms with Crippen molar-refractivity contribution in [1.29, 1.82) is 0 Å². The van der Waals surface area contributed by atoms with Gasteiger partial charge in [0.05, 0.1) is 11.4 Å².